The Morgan fingerprint density at radius 3 is 2.49 bits per heavy atom. The fourth-order valence-corrected chi connectivity index (χ4v) is 6.03. The van der Waals surface area contributed by atoms with Crippen molar-refractivity contribution < 1.29 is 9.59 Å². The first-order valence-corrected chi connectivity index (χ1v) is 13.9. The van der Waals surface area contributed by atoms with E-state index in [2.05, 4.69) is 57.3 Å². The normalized spacial score (nSPS) is 17.0. The third-order valence-corrected chi connectivity index (χ3v) is 8.33. The highest BCUT2D eigenvalue weighted by molar-refractivity contribution is 5.98. The van der Waals surface area contributed by atoms with Crippen molar-refractivity contribution in [2.45, 2.75) is 50.7 Å². The molecular formula is C32H35N5O2. The molecule has 0 bridgehead atoms. The van der Waals surface area contributed by atoms with Gasteiger partial charge in [0.1, 0.15) is 6.04 Å². The number of amides is 3. The number of fused-ring (bicyclic) bond motifs is 2. The number of carbonyl (C=O) groups is 2. The lowest BCUT2D eigenvalue weighted by molar-refractivity contribution is -0.118. The Morgan fingerprint density at radius 2 is 1.67 bits per heavy atom. The third kappa shape index (κ3) is 5.27. The van der Waals surface area contributed by atoms with Crippen molar-refractivity contribution in [1.82, 2.24) is 20.5 Å². The lowest BCUT2D eigenvalue weighted by Gasteiger charge is -2.34. The largest absolute Gasteiger partial charge is 0.361 e. The number of aromatic amines is 1. The number of H-pyrrole nitrogens is 1. The molecule has 1 saturated heterocycles. The average molecular weight is 522 g/mol. The van der Waals surface area contributed by atoms with E-state index in [-0.39, 0.29) is 17.9 Å². The molecule has 3 aromatic carbocycles. The van der Waals surface area contributed by atoms with E-state index in [4.69, 9.17) is 0 Å². The van der Waals surface area contributed by atoms with Crippen molar-refractivity contribution in [3.05, 3.63) is 101 Å². The summed E-state index contributed by atoms with van der Waals surface area (Å²) >= 11 is 0. The van der Waals surface area contributed by atoms with Crippen LogP contribution in [0, 0.1) is 0 Å². The number of carbonyl (C=O) groups excluding carboxylic acids is 2. The molecule has 200 valence electrons. The Balaban J connectivity index is 1.20. The molecule has 6 rings (SSSR count). The summed E-state index contributed by atoms with van der Waals surface area (Å²) in [6, 6.07) is 23.6. The third-order valence-electron chi connectivity index (χ3n) is 8.33. The summed E-state index contributed by atoms with van der Waals surface area (Å²) in [4.78, 5) is 32.5. The summed E-state index contributed by atoms with van der Waals surface area (Å²) in [6.07, 6.45) is 3.78. The van der Waals surface area contributed by atoms with Gasteiger partial charge in [-0.1, -0.05) is 61.5 Å². The van der Waals surface area contributed by atoms with Crippen molar-refractivity contribution >= 4 is 28.5 Å². The number of piperidine rings is 1. The first-order valence-electron chi connectivity index (χ1n) is 13.9. The molecule has 0 unspecified atom stereocenters. The second kappa shape index (κ2) is 10.9. The van der Waals surface area contributed by atoms with Gasteiger partial charge in [-0.3, -0.25) is 4.79 Å². The van der Waals surface area contributed by atoms with Crippen LogP contribution in [-0.2, 0) is 17.9 Å². The summed E-state index contributed by atoms with van der Waals surface area (Å²) in [7, 11) is 0. The smallest absolute Gasteiger partial charge is 0.318 e. The minimum atomic E-state index is -0.741. The van der Waals surface area contributed by atoms with Gasteiger partial charge in [-0.15, -0.1) is 0 Å². The van der Waals surface area contributed by atoms with Gasteiger partial charge in [0.2, 0.25) is 5.91 Å². The maximum atomic E-state index is 13.8. The second-order valence-corrected chi connectivity index (χ2v) is 10.8. The van der Waals surface area contributed by atoms with Gasteiger partial charge in [-0.2, -0.15) is 0 Å². The SMILES string of the molecule is C[C@H](c1c[nH]c2ccccc12)[C@@H](NC(=O)N1CCC(c2ccccc2)CC1)C(=O)Nc1ccc2c(c1)CNC2. The van der Waals surface area contributed by atoms with Crippen molar-refractivity contribution in [2.75, 3.05) is 18.4 Å². The molecule has 3 heterocycles. The van der Waals surface area contributed by atoms with Gasteiger partial charge in [0, 0.05) is 54.9 Å². The number of aromatic nitrogens is 1. The van der Waals surface area contributed by atoms with E-state index in [1.165, 1.54) is 16.7 Å². The molecule has 4 aromatic rings. The molecule has 1 fully saturated rings. The van der Waals surface area contributed by atoms with E-state index >= 15 is 0 Å². The Labute approximate surface area is 229 Å². The molecule has 0 radical (unpaired) electrons. The van der Waals surface area contributed by atoms with Gasteiger partial charge < -0.3 is 25.8 Å². The van der Waals surface area contributed by atoms with E-state index in [0.29, 0.717) is 19.0 Å². The standard InChI is InChI=1S/C32H35N5O2/c1-21(28-20-34-29-10-6-5-9-27(28)29)30(31(38)35-26-12-11-24-18-33-19-25(24)17-26)36-32(39)37-15-13-23(14-16-37)22-7-3-2-4-8-22/h2-12,17,20-21,23,30,33-34H,13-16,18-19H2,1H3,(H,35,38)(H,36,39)/t21-,30-/m1/s1. The van der Waals surface area contributed by atoms with Crippen LogP contribution in [0.1, 0.15) is 53.9 Å². The number of nitrogens with one attached hydrogen (secondary N) is 4. The van der Waals surface area contributed by atoms with E-state index in [1.54, 1.807) is 0 Å². The molecule has 0 aliphatic carbocycles. The van der Waals surface area contributed by atoms with Crippen LogP contribution in [0.15, 0.2) is 79.0 Å². The second-order valence-electron chi connectivity index (χ2n) is 10.8. The van der Waals surface area contributed by atoms with Crippen LogP contribution in [0.25, 0.3) is 10.9 Å². The molecular weight excluding hydrogens is 486 g/mol. The highest BCUT2D eigenvalue weighted by Crippen LogP contribution is 2.30. The van der Waals surface area contributed by atoms with Crippen molar-refractivity contribution in [1.29, 1.82) is 0 Å². The Morgan fingerprint density at radius 1 is 0.923 bits per heavy atom. The van der Waals surface area contributed by atoms with Crippen LogP contribution in [0.3, 0.4) is 0 Å². The van der Waals surface area contributed by atoms with E-state index < -0.39 is 6.04 Å². The number of para-hydroxylation sites is 1. The van der Waals surface area contributed by atoms with Crippen LogP contribution in [-0.4, -0.2) is 41.0 Å². The van der Waals surface area contributed by atoms with Gasteiger partial charge in [0.25, 0.3) is 0 Å². The number of hydrogen-bond donors (Lipinski definition) is 4. The van der Waals surface area contributed by atoms with Gasteiger partial charge in [-0.05, 0) is 59.2 Å². The molecule has 2 atom stereocenters. The summed E-state index contributed by atoms with van der Waals surface area (Å²) < 4.78 is 0. The van der Waals surface area contributed by atoms with Gasteiger partial charge >= 0.3 is 6.03 Å². The van der Waals surface area contributed by atoms with Crippen LogP contribution in [0.2, 0.25) is 0 Å². The molecule has 2 aliphatic heterocycles. The Bertz CT molecular complexity index is 1470. The van der Waals surface area contributed by atoms with Gasteiger partial charge in [0.15, 0.2) is 0 Å². The first-order chi connectivity index (χ1) is 19.1. The maximum absolute atomic E-state index is 13.8. The topological polar surface area (TPSA) is 89.3 Å². The van der Waals surface area contributed by atoms with Crippen molar-refractivity contribution in [2.24, 2.45) is 0 Å². The van der Waals surface area contributed by atoms with Gasteiger partial charge in [0.05, 0.1) is 0 Å². The fraction of sp³-hybridized carbons (Fsp3) is 0.312. The molecule has 2 aliphatic rings. The first kappa shape index (κ1) is 25.2. The number of benzene rings is 3. The molecule has 7 heteroatoms. The lowest BCUT2D eigenvalue weighted by atomic mass is 9.89. The lowest BCUT2D eigenvalue weighted by Crippen LogP contribution is -2.53. The maximum Gasteiger partial charge on any atom is 0.318 e. The van der Waals surface area contributed by atoms with Crippen LogP contribution >= 0.6 is 0 Å². The number of hydrogen-bond acceptors (Lipinski definition) is 3. The minimum absolute atomic E-state index is 0.188. The molecule has 1 aromatic heterocycles. The average Bonchev–Trinajstić information content (AvgIpc) is 3.63. The van der Waals surface area contributed by atoms with Crippen LogP contribution < -0.4 is 16.0 Å². The predicted molar refractivity (Wildman–Crippen MR) is 155 cm³/mol. The van der Waals surface area contributed by atoms with Crippen LogP contribution in [0.4, 0.5) is 10.5 Å². The van der Waals surface area contributed by atoms with Gasteiger partial charge in [-0.25, -0.2) is 4.79 Å². The van der Waals surface area contributed by atoms with E-state index in [1.807, 2.05) is 54.4 Å². The number of likely N-dealkylation sites (tertiary alicyclic amines) is 1. The summed E-state index contributed by atoms with van der Waals surface area (Å²) in [6.45, 7) is 4.98. The molecule has 7 nitrogen and oxygen atoms in total. The molecule has 4 N–H and O–H groups in total. The minimum Gasteiger partial charge on any atom is -0.361 e. The zero-order chi connectivity index (χ0) is 26.8. The predicted octanol–water partition coefficient (Wildman–Crippen LogP) is 5.47. The zero-order valence-electron chi connectivity index (χ0n) is 22.2. The molecule has 3 amide bonds. The van der Waals surface area contributed by atoms with E-state index in [9.17, 15) is 9.59 Å². The van der Waals surface area contributed by atoms with Crippen molar-refractivity contribution in [3.63, 3.8) is 0 Å². The fourth-order valence-electron chi connectivity index (χ4n) is 6.03. The number of anilines is 1. The zero-order valence-corrected chi connectivity index (χ0v) is 22.2. The Hall–Kier alpha value is -4.10. The summed E-state index contributed by atoms with van der Waals surface area (Å²) in [5, 5.41) is 10.6. The molecule has 39 heavy (non-hydrogen) atoms. The molecule has 0 spiro atoms. The van der Waals surface area contributed by atoms with E-state index in [0.717, 1.165) is 48.1 Å². The van der Waals surface area contributed by atoms with Crippen LogP contribution in [0.5, 0.6) is 0 Å². The summed E-state index contributed by atoms with van der Waals surface area (Å²) in [5.41, 5.74) is 6.54. The number of nitrogens with zero attached hydrogens (tertiary/aromatic N) is 1. The quantitative estimate of drug-likeness (QED) is 0.271. The number of urea groups is 1. The highest BCUT2D eigenvalue weighted by atomic mass is 16.2. The summed E-state index contributed by atoms with van der Waals surface area (Å²) in [5.74, 6) is -0.0111. The Kier molecular flexibility index (Phi) is 7.07. The molecule has 0 saturated carbocycles. The highest BCUT2D eigenvalue weighted by Gasteiger charge is 2.32. The monoisotopic (exact) mass is 521 g/mol. The van der Waals surface area contributed by atoms with Crippen molar-refractivity contribution in [3.8, 4) is 0 Å². The number of rotatable bonds is 6.